The van der Waals surface area contributed by atoms with E-state index < -0.39 is 0 Å². The molecule has 0 N–H and O–H groups in total. The molecular weight excluding hydrogens is 382 g/mol. The van der Waals surface area contributed by atoms with Gasteiger partial charge < -0.3 is 4.90 Å². The van der Waals surface area contributed by atoms with Crippen molar-refractivity contribution >= 4 is 29.9 Å². The first-order valence-electron chi connectivity index (χ1n) is 10.3. The van der Waals surface area contributed by atoms with Crippen molar-refractivity contribution < 1.29 is 9.59 Å². The van der Waals surface area contributed by atoms with Gasteiger partial charge in [-0.2, -0.15) is 0 Å². The minimum atomic E-state index is -0.116. The molecule has 1 fully saturated rings. The Morgan fingerprint density at radius 3 is 1.52 bits per heavy atom. The predicted molar refractivity (Wildman–Crippen MR) is 126 cm³/mol. The highest BCUT2D eigenvalue weighted by molar-refractivity contribution is 6.15. The Morgan fingerprint density at radius 2 is 1.06 bits per heavy atom. The van der Waals surface area contributed by atoms with E-state index in [1.165, 1.54) is 0 Å². The van der Waals surface area contributed by atoms with Crippen LogP contribution in [0.2, 0.25) is 0 Å². The summed E-state index contributed by atoms with van der Waals surface area (Å²) in [5, 5.41) is 0. The summed E-state index contributed by atoms with van der Waals surface area (Å²) in [5.74, 6) is -0.127. The molecule has 1 heterocycles. The van der Waals surface area contributed by atoms with Gasteiger partial charge in [0, 0.05) is 17.2 Å². The van der Waals surface area contributed by atoms with Crippen LogP contribution >= 0.6 is 0 Å². The van der Waals surface area contributed by atoms with E-state index in [0.717, 1.165) is 16.7 Å². The molecule has 0 aromatic heterocycles. The van der Waals surface area contributed by atoms with E-state index in [1.54, 1.807) is 17.1 Å². The average Bonchev–Trinajstić information content (AvgIpc) is 2.82. The van der Waals surface area contributed by atoms with Gasteiger partial charge in [0.25, 0.3) is 0 Å². The Hall–Kier alpha value is -3.98. The smallest absolute Gasteiger partial charge is 0.247 e. The normalized spacial score (nSPS) is 16.9. The molecule has 31 heavy (non-hydrogen) atoms. The molecule has 1 amide bonds. The number of hydrogen-bond donors (Lipinski definition) is 0. The summed E-state index contributed by atoms with van der Waals surface area (Å²) in [5.41, 5.74) is 4.07. The molecular formula is C28H23NO2. The van der Waals surface area contributed by atoms with Crippen LogP contribution in [0.5, 0.6) is 0 Å². The highest BCUT2D eigenvalue weighted by atomic mass is 16.2. The van der Waals surface area contributed by atoms with Crippen LogP contribution < -0.4 is 0 Å². The van der Waals surface area contributed by atoms with E-state index in [1.807, 2.05) is 103 Å². The number of nitrogens with zero attached hydrogens (tertiary/aromatic N) is 1. The molecule has 0 unspecified atom stereocenters. The van der Waals surface area contributed by atoms with E-state index >= 15 is 0 Å². The number of amides is 1. The van der Waals surface area contributed by atoms with Crippen LogP contribution in [0.1, 0.15) is 16.7 Å². The van der Waals surface area contributed by atoms with Gasteiger partial charge >= 0.3 is 0 Å². The number of carbonyl (C=O) groups excluding carboxylic acids is 2. The van der Waals surface area contributed by atoms with Crippen molar-refractivity contribution in [3.8, 4) is 0 Å². The molecule has 1 saturated heterocycles. The highest BCUT2D eigenvalue weighted by Gasteiger charge is 2.28. The van der Waals surface area contributed by atoms with Crippen LogP contribution in [0.25, 0.3) is 18.2 Å². The molecule has 0 spiro atoms. The summed E-state index contributed by atoms with van der Waals surface area (Å²) in [6, 6.07) is 29.2. The van der Waals surface area contributed by atoms with Crippen molar-refractivity contribution in [1.29, 1.82) is 0 Å². The number of rotatable bonds is 4. The summed E-state index contributed by atoms with van der Waals surface area (Å²) in [6.45, 7) is 0.579. The first-order valence-corrected chi connectivity index (χ1v) is 10.3. The fourth-order valence-electron chi connectivity index (χ4n) is 3.53. The molecule has 0 radical (unpaired) electrons. The van der Waals surface area contributed by atoms with Crippen LogP contribution in [0.4, 0.5) is 0 Å². The topological polar surface area (TPSA) is 37.4 Å². The van der Waals surface area contributed by atoms with Crippen LogP contribution in [0.3, 0.4) is 0 Å². The first kappa shape index (κ1) is 20.3. The second-order valence-corrected chi connectivity index (χ2v) is 7.43. The van der Waals surface area contributed by atoms with Crippen LogP contribution in [-0.4, -0.2) is 29.7 Å². The molecule has 0 saturated carbocycles. The van der Waals surface area contributed by atoms with Crippen LogP contribution in [0.15, 0.2) is 108 Å². The highest BCUT2D eigenvalue weighted by Crippen LogP contribution is 2.22. The van der Waals surface area contributed by atoms with Crippen molar-refractivity contribution in [2.24, 2.45) is 0 Å². The van der Waals surface area contributed by atoms with Gasteiger partial charge in [-0.25, -0.2) is 0 Å². The zero-order chi connectivity index (χ0) is 21.5. The predicted octanol–water partition coefficient (Wildman–Crippen LogP) is 5.28. The Labute approximate surface area is 182 Å². The Morgan fingerprint density at radius 1 is 0.645 bits per heavy atom. The molecule has 1 aliphatic rings. The number of likely N-dealkylation sites (tertiary alicyclic amines) is 1. The molecule has 3 aromatic rings. The van der Waals surface area contributed by atoms with Gasteiger partial charge in [0.15, 0.2) is 5.78 Å². The minimum absolute atomic E-state index is 0.0104. The second kappa shape index (κ2) is 9.68. The molecule has 0 atom stereocenters. The average molecular weight is 405 g/mol. The van der Waals surface area contributed by atoms with E-state index in [0.29, 0.717) is 11.1 Å². The number of piperidine rings is 1. The maximum absolute atomic E-state index is 13.2. The maximum Gasteiger partial charge on any atom is 0.247 e. The molecule has 3 heteroatoms. The number of hydrogen-bond acceptors (Lipinski definition) is 2. The van der Waals surface area contributed by atoms with Crippen molar-refractivity contribution in [3.63, 3.8) is 0 Å². The lowest BCUT2D eigenvalue weighted by Gasteiger charge is -2.29. The number of benzene rings is 3. The summed E-state index contributed by atoms with van der Waals surface area (Å²) in [7, 11) is 0. The third kappa shape index (κ3) is 5.34. The molecule has 1 aliphatic heterocycles. The quantitative estimate of drug-likeness (QED) is 0.554. The number of Topliss-reactive ketones (excluding diaryl/α,β-unsaturated/α-hetero) is 1. The summed E-state index contributed by atoms with van der Waals surface area (Å²) in [4.78, 5) is 27.8. The first-order chi connectivity index (χ1) is 15.2. The van der Waals surface area contributed by atoms with Gasteiger partial charge in [0.05, 0.1) is 13.1 Å². The van der Waals surface area contributed by atoms with E-state index in [2.05, 4.69) is 0 Å². The standard InChI is InChI=1S/C28H23NO2/c30-27(17-16-22-10-4-1-5-11-22)29-20-25(18-23-12-6-2-7-13-23)28(31)26(21-29)19-24-14-8-3-9-15-24/h1-19H,20-21H2/b17-16+,25-18-,26-19-. The van der Waals surface area contributed by atoms with Crippen LogP contribution in [0, 0.1) is 0 Å². The fraction of sp³-hybridized carbons (Fsp3) is 0.0714. The third-order valence-corrected chi connectivity index (χ3v) is 5.12. The Bertz CT molecular complexity index is 1080. The monoisotopic (exact) mass is 405 g/mol. The van der Waals surface area contributed by atoms with E-state index in [-0.39, 0.29) is 24.8 Å². The molecule has 0 bridgehead atoms. The van der Waals surface area contributed by atoms with Crippen LogP contribution in [-0.2, 0) is 9.59 Å². The fourth-order valence-corrected chi connectivity index (χ4v) is 3.53. The molecule has 4 rings (SSSR count). The van der Waals surface area contributed by atoms with Crippen molar-refractivity contribution in [3.05, 3.63) is 125 Å². The summed E-state index contributed by atoms with van der Waals surface area (Å²) >= 11 is 0. The van der Waals surface area contributed by atoms with Gasteiger partial charge in [-0.15, -0.1) is 0 Å². The largest absolute Gasteiger partial charge is 0.330 e. The Balaban J connectivity index is 1.64. The minimum Gasteiger partial charge on any atom is -0.330 e. The third-order valence-electron chi connectivity index (χ3n) is 5.12. The zero-order valence-corrected chi connectivity index (χ0v) is 17.1. The van der Waals surface area contributed by atoms with Crippen molar-refractivity contribution in [2.75, 3.05) is 13.1 Å². The van der Waals surface area contributed by atoms with Gasteiger partial charge in [0.2, 0.25) is 5.91 Å². The van der Waals surface area contributed by atoms with Gasteiger partial charge in [-0.1, -0.05) is 91.0 Å². The van der Waals surface area contributed by atoms with Crippen molar-refractivity contribution in [2.45, 2.75) is 0 Å². The molecule has 0 aliphatic carbocycles. The summed E-state index contributed by atoms with van der Waals surface area (Å²) in [6.07, 6.45) is 7.13. The second-order valence-electron chi connectivity index (χ2n) is 7.43. The van der Waals surface area contributed by atoms with Gasteiger partial charge in [0.1, 0.15) is 0 Å². The van der Waals surface area contributed by atoms with E-state index in [9.17, 15) is 9.59 Å². The van der Waals surface area contributed by atoms with E-state index in [4.69, 9.17) is 0 Å². The lowest BCUT2D eigenvalue weighted by molar-refractivity contribution is -0.126. The summed E-state index contributed by atoms with van der Waals surface area (Å²) < 4.78 is 0. The SMILES string of the molecule is O=C1/C(=C\c2ccccc2)CN(C(=O)/C=C/c2ccccc2)C/C1=C/c1ccccc1. The van der Waals surface area contributed by atoms with Gasteiger partial charge in [-0.3, -0.25) is 9.59 Å². The lowest BCUT2D eigenvalue weighted by atomic mass is 9.94. The molecule has 3 nitrogen and oxygen atoms in total. The zero-order valence-electron chi connectivity index (χ0n) is 17.1. The van der Waals surface area contributed by atoms with Crippen molar-refractivity contribution in [1.82, 2.24) is 4.90 Å². The number of carbonyl (C=O) groups is 2. The van der Waals surface area contributed by atoms with Gasteiger partial charge in [-0.05, 0) is 34.9 Å². The Kier molecular flexibility index (Phi) is 6.34. The molecule has 3 aromatic carbocycles. The lowest BCUT2D eigenvalue weighted by Crippen LogP contribution is -2.40. The number of ketones is 1. The maximum atomic E-state index is 13.2. The molecule has 152 valence electrons.